The highest BCUT2D eigenvalue weighted by atomic mass is 79.9. The van der Waals surface area contributed by atoms with Crippen LogP contribution in [-0.4, -0.2) is 39.4 Å². The van der Waals surface area contributed by atoms with Crippen molar-refractivity contribution in [2.75, 3.05) is 18.5 Å². The van der Waals surface area contributed by atoms with Crippen molar-refractivity contribution < 1.29 is 10.2 Å². The first-order chi connectivity index (χ1) is 6.63. The Bertz CT molecular complexity index is 313. The molecular formula is C7H9BrClN3O2. The molecule has 5 nitrogen and oxygen atoms in total. The fourth-order valence-electron chi connectivity index (χ4n) is 0.749. The minimum absolute atomic E-state index is 0.120. The van der Waals surface area contributed by atoms with E-state index in [0.717, 1.165) is 0 Å². The number of halogens is 2. The molecule has 0 saturated heterocycles. The standard InChI is InChI=1S/C7H9BrClN3O2/c8-5-2-11-7(9)12-6(5)10-1-4(14)3-13/h2,4,13-14H,1,3H2,(H,10,11,12). The van der Waals surface area contributed by atoms with Gasteiger partial charge in [-0.3, -0.25) is 0 Å². The van der Waals surface area contributed by atoms with E-state index < -0.39 is 6.10 Å². The third-order valence-electron chi connectivity index (χ3n) is 1.43. The van der Waals surface area contributed by atoms with Crippen LogP contribution in [0.3, 0.4) is 0 Å². The molecule has 78 valence electrons. The summed E-state index contributed by atoms with van der Waals surface area (Å²) < 4.78 is 0.645. The van der Waals surface area contributed by atoms with Crippen molar-refractivity contribution in [1.82, 2.24) is 9.97 Å². The largest absolute Gasteiger partial charge is 0.394 e. The van der Waals surface area contributed by atoms with E-state index in [4.69, 9.17) is 21.8 Å². The molecule has 0 aliphatic carbocycles. The minimum Gasteiger partial charge on any atom is -0.394 e. The van der Waals surface area contributed by atoms with Gasteiger partial charge in [0.15, 0.2) is 0 Å². The smallest absolute Gasteiger partial charge is 0.224 e. The number of anilines is 1. The number of aliphatic hydroxyl groups excluding tert-OH is 2. The van der Waals surface area contributed by atoms with Gasteiger partial charge in [-0.1, -0.05) is 0 Å². The lowest BCUT2D eigenvalue weighted by atomic mass is 10.4. The third kappa shape index (κ3) is 3.38. The van der Waals surface area contributed by atoms with Crippen molar-refractivity contribution in [3.8, 4) is 0 Å². The number of rotatable bonds is 4. The average molecular weight is 283 g/mol. The Morgan fingerprint density at radius 3 is 3.00 bits per heavy atom. The molecule has 1 aromatic rings. The van der Waals surface area contributed by atoms with Crippen molar-refractivity contribution in [3.05, 3.63) is 16.0 Å². The fraction of sp³-hybridized carbons (Fsp3) is 0.429. The lowest BCUT2D eigenvalue weighted by Gasteiger charge is -2.10. The summed E-state index contributed by atoms with van der Waals surface area (Å²) in [7, 11) is 0. The van der Waals surface area contributed by atoms with Gasteiger partial charge in [0.2, 0.25) is 5.28 Å². The van der Waals surface area contributed by atoms with Gasteiger partial charge in [0, 0.05) is 12.7 Å². The van der Waals surface area contributed by atoms with E-state index in [-0.39, 0.29) is 18.4 Å². The van der Waals surface area contributed by atoms with E-state index in [2.05, 4.69) is 31.2 Å². The highest BCUT2D eigenvalue weighted by molar-refractivity contribution is 9.10. The number of nitrogens with zero attached hydrogens (tertiary/aromatic N) is 2. The van der Waals surface area contributed by atoms with Gasteiger partial charge in [0.1, 0.15) is 5.82 Å². The average Bonchev–Trinajstić information content (AvgIpc) is 2.19. The molecule has 0 saturated carbocycles. The van der Waals surface area contributed by atoms with Gasteiger partial charge < -0.3 is 15.5 Å². The number of hydrogen-bond donors (Lipinski definition) is 3. The molecule has 0 bridgehead atoms. The lowest BCUT2D eigenvalue weighted by Crippen LogP contribution is -2.23. The second kappa shape index (κ2) is 5.45. The molecule has 0 aromatic carbocycles. The van der Waals surface area contributed by atoms with Crippen LogP contribution >= 0.6 is 27.5 Å². The van der Waals surface area contributed by atoms with Crippen LogP contribution in [0.1, 0.15) is 0 Å². The molecule has 3 N–H and O–H groups in total. The summed E-state index contributed by atoms with van der Waals surface area (Å²) in [5.74, 6) is 0.484. The van der Waals surface area contributed by atoms with Gasteiger partial charge in [0.05, 0.1) is 17.2 Å². The summed E-state index contributed by atoms with van der Waals surface area (Å²) in [4.78, 5) is 7.62. The van der Waals surface area contributed by atoms with Gasteiger partial charge in [-0.15, -0.1) is 0 Å². The second-order valence-corrected chi connectivity index (χ2v) is 3.75. The highest BCUT2D eigenvalue weighted by Gasteiger charge is 2.06. The zero-order chi connectivity index (χ0) is 10.6. The van der Waals surface area contributed by atoms with E-state index in [1.165, 1.54) is 6.20 Å². The predicted octanol–water partition coefficient (Wildman–Crippen LogP) is 0.658. The van der Waals surface area contributed by atoms with E-state index in [1.807, 2.05) is 0 Å². The van der Waals surface area contributed by atoms with Crippen molar-refractivity contribution in [1.29, 1.82) is 0 Å². The molecule has 0 fully saturated rings. The highest BCUT2D eigenvalue weighted by Crippen LogP contribution is 2.19. The predicted molar refractivity (Wildman–Crippen MR) is 56.3 cm³/mol. The number of hydrogen-bond acceptors (Lipinski definition) is 5. The third-order valence-corrected chi connectivity index (χ3v) is 2.19. The van der Waals surface area contributed by atoms with Crippen LogP contribution in [0.4, 0.5) is 5.82 Å². The molecule has 0 aliphatic rings. The number of aliphatic hydroxyl groups is 2. The lowest BCUT2D eigenvalue weighted by molar-refractivity contribution is 0.105. The monoisotopic (exact) mass is 281 g/mol. The van der Waals surface area contributed by atoms with Gasteiger partial charge in [-0.2, -0.15) is 4.98 Å². The van der Waals surface area contributed by atoms with Crippen LogP contribution in [0.2, 0.25) is 5.28 Å². The molecule has 0 aliphatic heterocycles. The Hall–Kier alpha value is -0.430. The molecule has 1 aromatic heterocycles. The van der Waals surface area contributed by atoms with Crippen LogP contribution in [0.25, 0.3) is 0 Å². The summed E-state index contributed by atoms with van der Waals surface area (Å²) in [6.07, 6.45) is 0.679. The first-order valence-electron chi connectivity index (χ1n) is 3.84. The summed E-state index contributed by atoms with van der Waals surface area (Å²) in [5.41, 5.74) is 0. The fourth-order valence-corrected chi connectivity index (χ4v) is 1.21. The Morgan fingerprint density at radius 2 is 2.36 bits per heavy atom. The first kappa shape index (κ1) is 11.6. The van der Waals surface area contributed by atoms with Gasteiger partial charge in [-0.05, 0) is 27.5 Å². The van der Waals surface area contributed by atoms with Crippen LogP contribution in [0, 0.1) is 0 Å². The number of aromatic nitrogens is 2. The molecular weight excluding hydrogens is 273 g/mol. The first-order valence-corrected chi connectivity index (χ1v) is 5.01. The Morgan fingerprint density at radius 1 is 1.64 bits per heavy atom. The molecule has 7 heteroatoms. The zero-order valence-corrected chi connectivity index (χ0v) is 9.46. The Balaban J connectivity index is 2.62. The molecule has 0 radical (unpaired) electrons. The Kier molecular flexibility index (Phi) is 4.53. The van der Waals surface area contributed by atoms with E-state index >= 15 is 0 Å². The van der Waals surface area contributed by atoms with Crippen molar-refractivity contribution in [2.45, 2.75) is 6.10 Å². The van der Waals surface area contributed by atoms with Gasteiger partial charge >= 0.3 is 0 Å². The normalized spacial score (nSPS) is 12.6. The summed E-state index contributed by atoms with van der Waals surface area (Å²) >= 11 is 8.78. The van der Waals surface area contributed by atoms with Crippen LogP contribution in [0.5, 0.6) is 0 Å². The van der Waals surface area contributed by atoms with Gasteiger partial charge in [-0.25, -0.2) is 4.98 Å². The van der Waals surface area contributed by atoms with Crippen LogP contribution < -0.4 is 5.32 Å². The zero-order valence-electron chi connectivity index (χ0n) is 7.11. The second-order valence-electron chi connectivity index (χ2n) is 2.55. The molecule has 1 atom stereocenters. The maximum absolute atomic E-state index is 9.08. The maximum atomic E-state index is 9.08. The number of nitrogens with one attached hydrogen (secondary N) is 1. The van der Waals surface area contributed by atoms with E-state index in [9.17, 15) is 0 Å². The molecule has 0 spiro atoms. The van der Waals surface area contributed by atoms with Crippen LogP contribution in [0.15, 0.2) is 10.7 Å². The minimum atomic E-state index is -0.823. The molecule has 1 rings (SSSR count). The van der Waals surface area contributed by atoms with Crippen molar-refractivity contribution in [2.24, 2.45) is 0 Å². The molecule has 14 heavy (non-hydrogen) atoms. The summed E-state index contributed by atoms with van der Waals surface area (Å²) in [6, 6.07) is 0. The summed E-state index contributed by atoms with van der Waals surface area (Å²) in [6.45, 7) is -0.105. The molecule has 0 amide bonds. The van der Waals surface area contributed by atoms with Gasteiger partial charge in [0.25, 0.3) is 0 Å². The van der Waals surface area contributed by atoms with E-state index in [1.54, 1.807) is 0 Å². The van der Waals surface area contributed by atoms with Crippen molar-refractivity contribution >= 4 is 33.3 Å². The van der Waals surface area contributed by atoms with Crippen LogP contribution in [-0.2, 0) is 0 Å². The Labute approximate surface area is 94.3 Å². The maximum Gasteiger partial charge on any atom is 0.224 e. The quantitative estimate of drug-likeness (QED) is 0.707. The SMILES string of the molecule is OCC(O)CNc1nc(Cl)ncc1Br. The molecule has 1 heterocycles. The van der Waals surface area contributed by atoms with Crippen molar-refractivity contribution in [3.63, 3.8) is 0 Å². The molecule has 1 unspecified atom stereocenters. The topological polar surface area (TPSA) is 78.3 Å². The van der Waals surface area contributed by atoms with E-state index in [0.29, 0.717) is 10.3 Å². The summed E-state index contributed by atoms with van der Waals surface area (Å²) in [5, 5.41) is 20.6.